The number of nitrogens with one attached hydrogen (secondary N) is 1. The van der Waals surface area contributed by atoms with E-state index in [9.17, 15) is 4.79 Å². The number of allylic oxidation sites excluding steroid dienone is 1. The van der Waals surface area contributed by atoms with Gasteiger partial charge in [0.15, 0.2) is 5.69 Å². The molecule has 1 unspecified atom stereocenters. The molecule has 0 amide bonds. The van der Waals surface area contributed by atoms with Gasteiger partial charge >= 0.3 is 5.97 Å². The Balaban J connectivity index is 1.82. The molecule has 102 valence electrons. The number of ether oxygens (including phenoxy) is 1. The predicted molar refractivity (Wildman–Crippen MR) is 76.5 cm³/mol. The van der Waals surface area contributed by atoms with Gasteiger partial charge in [0, 0.05) is 11.5 Å². The Hall–Kier alpha value is -2.36. The second-order valence-electron chi connectivity index (χ2n) is 4.78. The molecule has 1 atom stereocenters. The SMILES string of the molecule is CCOC(=O)c1n[nH]c2c1C=CC2Cc1ccccc1. The molecular weight excluding hydrogens is 252 g/mol. The number of rotatable bonds is 4. The molecule has 0 fully saturated rings. The van der Waals surface area contributed by atoms with Crippen LogP contribution in [0, 0.1) is 0 Å². The second-order valence-corrected chi connectivity index (χ2v) is 4.78. The fourth-order valence-electron chi connectivity index (χ4n) is 2.52. The number of hydrogen-bond donors (Lipinski definition) is 1. The number of carbonyl (C=O) groups is 1. The van der Waals surface area contributed by atoms with E-state index in [4.69, 9.17) is 4.74 Å². The zero-order valence-electron chi connectivity index (χ0n) is 11.3. The average Bonchev–Trinajstić information content (AvgIpc) is 3.03. The van der Waals surface area contributed by atoms with Crippen LogP contribution in [0.3, 0.4) is 0 Å². The summed E-state index contributed by atoms with van der Waals surface area (Å²) < 4.78 is 5.01. The fourth-order valence-corrected chi connectivity index (χ4v) is 2.52. The molecule has 3 rings (SSSR count). The minimum atomic E-state index is -0.366. The molecule has 4 heteroatoms. The highest BCUT2D eigenvalue weighted by Crippen LogP contribution is 2.33. The van der Waals surface area contributed by atoms with E-state index in [1.807, 2.05) is 24.3 Å². The van der Waals surface area contributed by atoms with Crippen LogP contribution >= 0.6 is 0 Å². The lowest BCUT2D eigenvalue weighted by atomic mass is 9.98. The number of benzene rings is 1. The van der Waals surface area contributed by atoms with E-state index in [0.717, 1.165) is 17.7 Å². The molecule has 0 aliphatic heterocycles. The summed E-state index contributed by atoms with van der Waals surface area (Å²) >= 11 is 0. The number of aromatic amines is 1. The summed E-state index contributed by atoms with van der Waals surface area (Å²) in [6, 6.07) is 10.3. The highest BCUT2D eigenvalue weighted by Gasteiger charge is 2.26. The number of esters is 1. The van der Waals surface area contributed by atoms with Crippen molar-refractivity contribution in [1.82, 2.24) is 10.2 Å². The topological polar surface area (TPSA) is 55.0 Å². The first-order valence-corrected chi connectivity index (χ1v) is 6.77. The van der Waals surface area contributed by atoms with E-state index in [1.54, 1.807) is 6.92 Å². The van der Waals surface area contributed by atoms with Crippen LogP contribution < -0.4 is 0 Å². The van der Waals surface area contributed by atoms with Gasteiger partial charge < -0.3 is 4.74 Å². The van der Waals surface area contributed by atoms with Gasteiger partial charge in [0.25, 0.3) is 0 Å². The van der Waals surface area contributed by atoms with Crippen molar-refractivity contribution in [3.05, 3.63) is 58.9 Å². The van der Waals surface area contributed by atoms with Crippen molar-refractivity contribution in [2.75, 3.05) is 6.61 Å². The number of aromatic nitrogens is 2. The van der Waals surface area contributed by atoms with Crippen LogP contribution in [0.25, 0.3) is 6.08 Å². The highest BCUT2D eigenvalue weighted by atomic mass is 16.5. The second kappa shape index (κ2) is 5.33. The zero-order chi connectivity index (χ0) is 13.9. The molecule has 1 aromatic carbocycles. The van der Waals surface area contributed by atoms with Gasteiger partial charge in [-0.3, -0.25) is 5.10 Å². The Morgan fingerprint density at radius 3 is 2.90 bits per heavy atom. The summed E-state index contributed by atoms with van der Waals surface area (Å²) in [5.74, 6) is -0.127. The number of hydrogen-bond acceptors (Lipinski definition) is 3. The van der Waals surface area contributed by atoms with Crippen molar-refractivity contribution in [3.8, 4) is 0 Å². The number of H-pyrrole nitrogens is 1. The van der Waals surface area contributed by atoms with Gasteiger partial charge in [-0.15, -0.1) is 0 Å². The Morgan fingerprint density at radius 2 is 2.15 bits per heavy atom. The standard InChI is InChI=1S/C16H16N2O2/c1-2-20-16(19)15-13-9-8-12(14(13)17-18-15)10-11-6-4-3-5-7-11/h3-9,12H,2,10H2,1H3,(H,17,18). The van der Waals surface area contributed by atoms with Crippen molar-refractivity contribution in [2.45, 2.75) is 19.3 Å². The number of carbonyl (C=O) groups excluding carboxylic acids is 1. The van der Waals surface area contributed by atoms with Crippen molar-refractivity contribution < 1.29 is 9.53 Å². The first-order chi connectivity index (χ1) is 9.79. The third kappa shape index (κ3) is 2.25. The van der Waals surface area contributed by atoms with E-state index in [2.05, 4.69) is 28.4 Å². The van der Waals surface area contributed by atoms with Crippen LogP contribution in [0.5, 0.6) is 0 Å². The summed E-state index contributed by atoms with van der Waals surface area (Å²) in [4.78, 5) is 11.8. The van der Waals surface area contributed by atoms with Crippen LogP contribution in [0.4, 0.5) is 0 Å². The number of fused-ring (bicyclic) bond motifs is 1. The molecule has 1 N–H and O–H groups in total. The summed E-state index contributed by atoms with van der Waals surface area (Å²) in [5.41, 5.74) is 3.51. The van der Waals surface area contributed by atoms with Crippen molar-refractivity contribution in [3.63, 3.8) is 0 Å². The van der Waals surface area contributed by atoms with Gasteiger partial charge in [0.05, 0.1) is 12.3 Å². The first kappa shape index (κ1) is 12.7. The molecule has 0 spiro atoms. The Morgan fingerprint density at radius 1 is 1.35 bits per heavy atom. The lowest BCUT2D eigenvalue weighted by Gasteiger charge is -2.07. The first-order valence-electron chi connectivity index (χ1n) is 6.77. The summed E-state index contributed by atoms with van der Waals surface area (Å²) in [6.07, 6.45) is 4.96. The Kier molecular flexibility index (Phi) is 3.37. The van der Waals surface area contributed by atoms with Gasteiger partial charge in [-0.1, -0.05) is 42.5 Å². The minimum Gasteiger partial charge on any atom is -0.461 e. The zero-order valence-corrected chi connectivity index (χ0v) is 11.3. The minimum absolute atomic E-state index is 0.239. The van der Waals surface area contributed by atoms with Gasteiger partial charge in [0.1, 0.15) is 0 Å². The molecular formula is C16H16N2O2. The molecule has 1 aromatic heterocycles. The smallest absolute Gasteiger partial charge is 0.359 e. The Labute approximate surface area is 117 Å². The Bertz CT molecular complexity index is 644. The van der Waals surface area contributed by atoms with Gasteiger partial charge in [-0.25, -0.2) is 4.79 Å². The molecule has 0 saturated heterocycles. The summed E-state index contributed by atoms with van der Waals surface area (Å²) in [6.45, 7) is 2.15. The molecule has 1 heterocycles. The highest BCUT2D eigenvalue weighted by molar-refractivity contribution is 5.92. The average molecular weight is 268 g/mol. The molecule has 0 radical (unpaired) electrons. The molecule has 2 aromatic rings. The van der Waals surface area contributed by atoms with Crippen molar-refractivity contribution in [2.24, 2.45) is 0 Å². The van der Waals surface area contributed by atoms with E-state index < -0.39 is 0 Å². The van der Waals surface area contributed by atoms with Crippen LogP contribution in [0.2, 0.25) is 0 Å². The molecule has 4 nitrogen and oxygen atoms in total. The molecule has 0 bridgehead atoms. The third-order valence-electron chi connectivity index (χ3n) is 3.47. The van der Waals surface area contributed by atoms with E-state index in [0.29, 0.717) is 12.3 Å². The predicted octanol–water partition coefficient (Wildman–Crippen LogP) is 2.94. The monoisotopic (exact) mass is 268 g/mol. The molecule has 1 aliphatic rings. The largest absolute Gasteiger partial charge is 0.461 e. The van der Waals surface area contributed by atoms with Crippen molar-refractivity contribution in [1.29, 1.82) is 0 Å². The van der Waals surface area contributed by atoms with Gasteiger partial charge in [-0.05, 0) is 18.9 Å². The van der Waals surface area contributed by atoms with Crippen LogP contribution in [-0.4, -0.2) is 22.8 Å². The molecule has 20 heavy (non-hydrogen) atoms. The quantitative estimate of drug-likeness (QED) is 0.867. The fraction of sp³-hybridized carbons (Fsp3) is 0.250. The molecule has 1 aliphatic carbocycles. The normalized spacial score (nSPS) is 16.1. The third-order valence-corrected chi connectivity index (χ3v) is 3.47. The maximum Gasteiger partial charge on any atom is 0.359 e. The van der Waals surface area contributed by atoms with E-state index in [1.165, 1.54) is 5.56 Å². The number of nitrogens with zero attached hydrogens (tertiary/aromatic N) is 1. The maximum atomic E-state index is 11.8. The lowest BCUT2D eigenvalue weighted by molar-refractivity contribution is 0.0519. The van der Waals surface area contributed by atoms with E-state index >= 15 is 0 Å². The van der Waals surface area contributed by atoms with Crippen LogP contribution in [0.15, 0.2) is 36.4 Å². The summed E-state index contributed by atoms with van der Waals surface area (Å²) in [7, 11) is 0. The van der Waals surface area contributed by atoms with Gasteiger partial charge in [-0.2, -0.15) is 5.10 Å². The lowest BCUT2D eigenvalue weighted by Crippen LogP contribution is -2.06. The van der Waals surface area contributed by atoms with Gasteiger partial charge in [0.2, 0.25) is 0 Å². The van der Waals surface area contributed by atoms with E-state index in [-0.39, 0.29) is 11.9 Å². The van der Waals surface area contributed by atoms with Crippen molar-refractivity contribution >= 4 is 12.0 Å². The van der Waals surface area contributed by atoms with Crippen LogP contribution in [0.1, 0.15) is 40.2 Å². The van der Waals surface area contributed by atoms with Crippen LogP contribution in [-0.2, 0) is 11.2 Å². The summed E-state index contributed by atoms with van der Waals surface area (Å²) in [5, 5.41) is 7.08. The maximum absolute atomic E-state index is 11.8. The molecule has 0 saturated carbocycles.